The summed E-state index contributed by atoms with van der Waals surface area (Å²) >= 11 is 6.13. The molecule has 3 rings (SSSR count). The van der Waals surface area contributed by atoms with Crippen molar-refractivity contribution >= 4 is 23.3 Å². The summed E-state index contributed by atoms with van der Waals surface area (Å²) in [5.74, 6) is 0.798. The molecule has 2 aliphatic heterocycles. The maximum absolute atomic E-state index is 12.6. The summed E-state index contributed by atoms with van der Waals surface area (Å²) < 4.78 is 11.1. The molecule has 0 radical (unpaired) electrons. The van der Waals surface area contributed by atoms with Gasteiger partial charge in [-0.15, -0.1) is 0 Å². The van der Waals surface area contributed by atoms with Crippen LogP contribution >= 0.6 is 11.6 Å². The third kappa shape index (κ3) is 4.30. The van der Waals surface area contributed by atoms with Gasteiger partial charge in [0.1, 0.15) is 5.75 Å². The first kappa shape index (κ1) is 18.1. The number of carbonyl (C=O) groups excluding carboxylic acids is 1. The zero-order chi connectivity index (χ0) is 18.0. The van der Waals surface area contributed by atoms with E-state index in [0.717, 1.165) is 30.9 Å². The van der Waals surface area contributed by atoms with Crippen molar-refractivity contribution in [2.45, 2.75) is 38.5 Å². The second kappa shape index (κ2) is 7.70. The first-order valence-corrected chi connectivity index (χ1v) is 9.13. The van der Waals surface area contributed by atoms with E-state index in [1.165, 1.54) is 0 Å². The van der Waals surface area contributed by atoms with Gasteiger partial charge in [0.15, 0.2) is 0 Å². The average molecular weight is 368 g/mol. The van der Waals surface area contributed by atoms with Gasteiger partial charge in [0.25, 0.3) is 0 Å². The molecule has 2 fully saturated rings. The molecule has 0 unspecified atom stereocenters. The molecule has 0 bridgehead atoms. The minimum absolute atomic E-state index is 0.00749. The van der Waals surface area contributed by atoms with Crippen molar-refractivity contribution in [2.75, 3.05) is 38.2 Å². The number of nitrogens with one attached hydrogen (secondary N) is 1. The maximum Gasteiger partial charge on any atom is 0.317 e. The number of carbonyl (C=O) groups is 1. The van der Waals surface area contributed by atoms with E-state index >= 15 is 0 Å². The van der Waals surface area contributed by atoms with E-state index in [1.54, 1.807) is 7.11 Å². The van der Waals surface area contributed by atoms with Crippen LogP contribution in [-0.4, -0.2) is 62.5 Å². The molecule has 138 valence electrons. The number of rotatable bonds is 3. The molecule has 1 aromatic rings. The fraction of sp³-hybridized carbons (Fsp3) is 0.611. The summed E-state index contributed by atoms with van der Waals surface area (Å²) in [6.07, 6.45) is 1.05. The summed E-state index contributed by atoms with van der Waals surface area (Å²) in [6.45, 7) is 6.87. The zero-order valence-corrected chi connectivity index (χ0v) is 15.8. The highest BCUT2D eigenvalue weighted by atomic mass is 35.5. The van der Waals surface area contributed by atoms with Crippen LogP contribution in [0, 0.1) is 0 Å². The molecule has 2 saturated heterocycles. The molecule has 2 heterocycles. The van der Waals surface area contributed by atoms with Crippen LogP contribution in [0.4, 0.5) is 10.5 Å². The Morgan fingerprint density at radius 1 is 1.28 bits per heavy atom. The van der Waals surface area contributed by atoms with Crippen LogP contribution in [0.2, 0.25) is 5.02 Å². The minimum Gasteiger partial charge on any atom is -0.495 e. The Labute approximate surface area is 154 Å². The topological polar surface area (TPSA) is 54.0 Å². The highest BCUT2D eigenvalue weighted by molar-refractivity contribution is 6.30. The van der Waals surface area contributed by atoms with Crippen molar-refractivity contribution in [2.24, 2.45) is 0 Å². The number of benzene rings is 1. The van der Waals surface area contributed by atoms with Crippen molar-refractivity contribution in [3.8, 4) is 5.75 Å². The molecular weight excluding hydrogens is 342 g/mol. The Morgan fingerprint density at radius 2 is 2.00 bits per heavy atom. The number of halogens is 1. The fourth-order valence-corrected chi connectivity index (χ4v) is 3.78. The predicted octanol–water partition coefficient (Wildman–Crippen LogP) is 2.75. The van der Waals surface area contributed by atoms with Crippen LogP contribution < -0.4 is 15.0 Å². The Balaban J connectivity index is 1.60. The standard InChI is InChI=1S/C18H26ClN3O3/c1-12-9-22(10-13(2)25-12)18(23)20-15-6-7-21(11-15)16-8-14(19)4-5-17(16)24-3/h4-5,8,12-13,15H,6-7,9-11H2,1-3H3,(H,20,23)/t12-,13-,15-/m0/s1. The van der Waals surface area contributed by atoms with Crippen molar-refractivity contribution in [1.82, 2.24) is 10.2 Å². The number of hydrogen-bond donors (Lipinski definition) is 1. The Morgan fingerprint density at radius 3 is 2.68 bits per heavy atom. The third-order valence-electron chi connectivity index (χ3n) is 4.70. The van der Waals surface area contributed by atoms with E-state index in [1.807, 2.05) is 36.9 Å². The summed E-state index contributed by atoms with van der Waals surface area (Å²) in [7, 11) is 1.66. The van der Waals surface area contributed by atoms with Gasteiger partial charge >= 0.3 is 6.03 Å². The Kier molecular flexibility index (Phi) is 5.59. The summed E-state index contributed by atoms with van der Waals surface area (Å²) in [5.41, 5.74) is 0.973. The molecular formula is C18H26ClN3O3. The normalized spacial score (nSPS) is 26.6. The number of morpholine rings is 1. The molecule has 3 atom stereocenters. The molecule has 6 nitrogen and oxygen atoms in total. The second-order valence-corrected chi connectivity index (χ2v) is 7.30. The van der Waals surface area contributed by atoms with Gasteiger partial charge in [-0.2, -0.15) is 0 Å². The van der Waals surface area contributed by atoms with E-state index in [0.29, 0.717) is 18.1 Å². The minimum atomic E-state index is -0.00749. The van der Waals surface area contributed by atoms with E-state index in [4.69, 9.17) is 21.1 Å². The van der Waals surface area contributed by atoms with Gasteiger partial charge in [-0.25, -0.2) is 4.79 Å². The number of urea groups is 1. The molecule has 1 aromatic carbocycles. The Hall–Kier alpha value is -1.66. The summed E-state index contributed by atoms with van der Waals surface area (Å²) in [4.78, 5) is 16.6. The number of ether oxygens (including phenoxy) is 2. The highest BCUT2D eigenvalue weighted by Gasteiger charge is 2.30. The predicted molar refractivity (Wildman–Crippen MR) is 98.7 cm³/mol. The smallest absolute Gasteiger partial charge is 0.317 e. The molecule has 2 aliphatic rings. The van der Waals surface area contributed by atoms with E-state index in [2.05, 4.69) is 10.2 Å². The lowest BCUT2D eigenvalue weighted by Crippen LogP contribution is -2.53. The van der Waals surface area contributed by atoms with Gasteiger partial charge in [-0.3, -0.25) is 0 Å². The van der Waals surface area contributed by atoms with Crippen molar-refractivity contribution in [3.05, 3.63) is 23.2 Å². The van der Waals surface area contributed by atoms with E-state index in [-0.39, 0.29) is 24.3 Å². The van der Waals surface area contributed by atoms with Crippen molar-refractivity contribution in [3.63, 3.8) is 0 Å². The van der Waals surface area contributed by atoms with E-state index in [9.17, 15) is 4.79 Å². The molecule has 1 N–H and O–H groups in total. The molecule has 7 heteroatoms. The van der Waals surface area contributed by atoms with Gasteiger partial charge in [-0.05, 0) is 38.5 Å². The monoisotopic (exact) mass is 367 g/mol. The largest absolute Gasteiger partial charge is 0.495 e. The molecule has 2 amide bonds. The number of methoxy groups -OCH3 is 1. The molecule has 25 heavy (non-hydrogen) atoms. The fourth-order valence-electron chi connectivity index (χ4n) is 3.62. The van der Waals surface area contributed by atoms with Crippen molar-refractivity contribution in [1.29, 1.82) is 0 Å². The third-order valence-corrected chi connectivity index (χ3v) is 4.94. The van der Waals surface area contributed by atoms with E-state index < -0.39 is 0 Å². The van der Waals surface area contributed by atoms with Crippen LogP contribution in [0.3, 0.4) is 0 Å². The SMILES string of the molecule is COc1ccc(Cl)cc1N1CC[C@H](NC(=O)N2C[C@H](C)O[C@@H](C)C2)C1. The lowest BCUT2D eigenvalue weighted by atomic mass is 10.2. The van der Waals surface area contributed by atoms with Gasteiger partial charge in [0.2, 0.25) is 0 Å². The lowest BCUT2D eigenvalue weighted by Gasteiger charge is -2.35. The van der Waals surface area contributed by atoms with Gasteiger partial charge in [0.05, 0.1) is 25.0 Å². The number of nitrogens with zero attached hydrogens (tertiary/aromatic N) is 2. The average Bonchev–Trinajstić information content (AvgIpc) is 3.02. The summed E-state index contributed by atoms with van der Waals surface area (Å²) in [6, 6.07) is 5.72. The lowest BCUT2D eigenvalue weighted by molar-refractivity contribution is -0.0547. The van der Waals surface area contributed by atoms with Crippen LogP contribution in [-0.2, 0) is 4.74 Å². The second-order valence-electron chi connectivity index (χ2n) is 6.86. The summed E-state index contributed by atoms with van der Waals surface area (Å²) in [5, 5.41) is 3.84. The van der Waals surface area contributed by atoms with Crippen molar-refractivity contribution < 1.29 is 14.3 Å². The van der Waals surface area contributed by atoms with Gasteiger partial charge < -0.3 is 24.6 Å². The first-order valence-electron chi connectivity index (χ1n) is 8.75. The number of hydrogen-bond acceptors (Lipinski definition) is 4. The Bertz CT molecular complexity index is 618. The van der Waals surface area contributed by atoms with Gasteiger partial charge in [0, 0.05) is 37.2 Å². The highest BCUT2D eigenvalue weighted by Crippen LogP contribution is 2.33. The van der Waals surface area contributed by atoms with Crippen LogP contribution in [0.1, 0.15) is 20.3 Å². The van der Waals surface area contributed by atoms with Crippen LogP contribution in [0.25, 0.3) is 0 Å². The molecule has 0 saturated carbocycles. The van der Waals surface area contributed by atoms with Gasteiger partial charge in [-0.1, -0.05) is 11.6 Å². The molecule has 0 aliphatic carbocycles. The first-order chi connectivity index (χ1) is 12.0. The number of amides is 2. The quantitative estimate of drug-likeness (QED) is 0.892. The van der Waals surface area contributed by atoms with Crippen LogP contribution in [0.15, 0.2) is 18.2 Å². The zero-order valence-electron chi connectivity index (χ0n) is 15.0. The maximum atomic E-state index is 12.6. The van der Waals surface area contributed by atoms with Crippen LogP contribution in [0.5, 0.6) is 5.75 Å². The number of anilines is 1. The molecule has 0 spiro atoms. The molecule has 0 aromatic heterocycles.